The van der Waals surface area contributed by atoms with Gasteiger partial charge < -0.3 is 10.1 Å². The van der Waals surface area contributed by atoms with Crippen LogP contribution in [-0.2, 0) is 14.6 Å². The summed E-state index contributed by atoms with van der Waals surface area (Å²) < 4.78 is 28.8. The highest BCUT2D eigenvalue weighted by atomic mass is 32.2. The topological polar surface area (TPSA) is 81.2 Å². The van der Waals surface area contributed by atoms with Crippen LogP contribution >= 0.6 is 0 Å². The van der Waals surface area contributed by atoms with Gasteiger partial charge >= 0.3 is 0 Å². The Labute approximate surface area is 171 Å². The van der Waals surface area contributed by atoms with E-state index in [0.717, 1.165) is 53.8 Å². The molecule has 4 rings (SSSR count). The number of fused-ring (bicyclic) bond motifs is 1. The Morgan fingerprint density at radius 1 is 1.07 bits per heavy atom. The fourth-order valence-electron chi connectivity index (χ4n) is 3.83. The first-order chi connectivity index (χ1) is 13.9. The molecule has 0 unspecified atom stereocenters. The summed E-state index contributed by atoms with van der Waals surface area (Å²) in [6, 6.07) is 13.3. The van der Waals surface area contributed by atoms with Crippen LogP contribution < -0.4 is 5.32 Å². The third kappa shape index (κ3) is 4.41. The maximum absolute atomic E-state index is 11.7. The Bertz CT molecular complexity index is 1110. The van der Waals surface area contributed by atoms with E-state index >= 15 is 0 Å². The monoisotopic (exact) mass is 411 g/mol. The first kappa shape index (κ1) is 19.8. The highest BCUT2D eigenvalue weighted by molar-refractivity contribution is 7.90. The summed E-state index contributed by atoms with van der Waals surface area (Å²) in [4.78, 5) is 0.315. The molecule has 2 heterocycles. The van der Waals surface area contributed by atoms with Crippen LogP contribution in [0.5, 0.6) is 0 Å². The van der Waals surface area contributed by atoms with Crippen molar-refractivity contribution < 1.29 is 13.2 Å². The van der Waals surface area contributed by atoms with Gasteiger partial charge in [-0.3, -0.25) is 0 Å². The van der Waals surface area contributed by atoms with Crippen molar-refractivity contribution in [1.82, 2.24) is 10.2 Å². The van der Waals surface area contributed by atoms with Crippen LogP contribution in [0.4, 0.5) is 5.69 Å². The standard InChI is InChI=1S/C22H25N3O3S/c1-15(16-9-11-28-12-10-16)24-22-14-23-25-21-13-18(5-8-20(21)22)17-3-6-19(7-4-17)29(2,26)27/h3-8,13-16H,9-12H2,1-2H3,(H,24,25)/t15-/m1/s1. The zero-order chi connectivity index (χ0) is 20.4. The lowest BCUT2D eigenvalue weighted by atomic mass is 9.92. The van der Waals surface area contributed by atoms with Crippen molar-refractivity contribution >= 4 is 26.4 Å². The minimum Gasteiger partial charge on any atom is -0.381 e. The molecule has 1 aliphatic rings. The van der Waals surface area contributed by atoms with Gasteiger partial charge in [0.2, 0.25) is 0 Å². The van der Waals surface area contributed by atoms with E-state index in [0.29, 0.717) is 16.9 Å². The van der Waals surface area contributed by atoms with Crippen molar-refractivity contribution in [3.8, 4) is 11.1 Å². The van der Waals surface area contributed by atoms with E-state index in [1.54, 1.807) is 18.3 Å². The van der Waals surface area contributed by atoms with Gasteiger partial charge in [0.15, 0.2) is 9.84 Å². The normalized spacial score (nSPS) is 16.6. The van der Waals surface area contributed by atoms with Gasteiger partial charge in [0, 0.05) is 30.9 Å². The van der Waals surface area contributed by atoms with Gasteiger partial charge in [-0.1, -0.05) is 18.2 Å². The Morgan fingerprint density at radius 2 is 1.76 bits per heavy atom. The molecule has 0 bridgehead atoms. The average Bonchev–Trinajstić information content (AvgIpc) is 2.73. The maximum atomic E-state index is 11.7. The second-order valence-electron chi connectivity index (χ2n) is 7.67. The molecule has 1 atom stereocenters. The number of hydrogen-bond donors (Lipinski definition) is 1. The van der Waals surface area contributed by atoms with Gasteiger partial charge in [0.1, 0.15) is 0 Å². The fraction of sp³-hybridized carbons (Fsp3) is 0.364. The fourth-order valence-corrected chi connectivity index (χ4v) is 4.46. The van der Waals surface area contributed by atoms with E-state index in [2.05, 4.69) is 22.4 Å². The summed E-state index contributed by atoms with van der Waals surface area (Å²) in [6.45, 7) is 3.86. The number of hydrogen-bond acceptors (Lipinski definition) is 6. The van der Waals surface area contributed by atoms with E-state index < -0.39 is 9.84 Å². The summed E-state index contributed by atoms with van der Waals surface area (Å²) in [7, 11) is -3.20. The van der Waals surface area contributed by atoms with Crippen molar-refractivity contribution in [3.63, 3.8) is 0 Å². The summed E-state index contributed by atoms with van der Waals surface area (Å²) in [5, 5.41) is 13.1. The maximum Gasteiger partial charge on any atom is 0.175 e. The van der Waals surface area contributed by atoms with E-state index in [1.807, 2.05) is 30.3 Å². The molecule has 0 spiro atoms. The van der Waals surface area contributed by atoms with Crippen LogP contribution in [0, 0.1) is 5.92 Å². The summed E-state index contributed by atoms with van der Waals surface area (Å²) in [5.41, 5.74) is 3.70. The average molecular weight is 412 g/mol. The number of ether oxygens (including phenoxy) is 1. The molecule has 0 aliphatic carbocycles. The number of aromatic nitrogens is 2. The van der Waals surface area contributed by atoms with E-state index in [4.69, 9.17) is 4.74 Å². The molecule has 152 valence electrons. The number of anilines is 1. The number of nitrogens with zero attached hydrogens (tertiary/aromatic N) is 2. The van der Waals surface area contributed by atoms with Gasteiger partial charge in [0.25, 0.3) is 0 Å². The Balaban J connectivity index is 1.60. The second-order valence-corrected chi connectivity index (χ2v) is 9.69. The number of nitrogens with one attached hydrogen (secondary N) is 1. The number of benzene rings is 2. The zero-order valence-corrected chi connectivity index (χ0v) is 17.4. The number of sulfone groups is 1. The molecule has 7 heteroatoms. The van der Waals surface area contributed by atoms with Crippen LogP contribution in [-0.4, -0.2) is 44.1 Å². The van der Waals surface area contributed by atoms with Crippen LogP contribution in [0.25, 0.3) is 22.0 Å². The van der Waals surface area contributed by atoms with Gasteiger partial charge in [-0.15, -0.1) is 0 Å². The molecule has 6 nitrogen and oxygen atoms in total. The molecule has 1 fully saturated rings. The van der Waals surface area contributed by atoms with Crippen LogP contribution in [0.2, 0.25) is 0 Å². The van der Waals surface area contributed by atoms with Gasteiger partial charge in [0.05, 0.1) is 22.3 Å². The van der Waals surface area contributed by atoms with E-state index in [1.165, 1.54) is 6.26 Å². The Hall–Kier alpha value is -2.51. The van der Waals surface area contributed by atoms with E-state index in [9.17, 15) is 8.42 Å². The lowest BCUT2D eigenvalue weighted by Crippen LogP contribution is -2.31. The predicted molar refractivity (Wildman–Crippen MR) is 115 cm³/mol. The first-order valence-corrected chi connectivity index (χ1v) is 11.7. The molecule has 3 aromatic rings. The second kappa shape index (κ2) is 8.08. The predicted octanol–water partition coefficient (Wildman–Crippen LogP) is 3.93. The molecule has 1 saturated heterocycles. The molecule has 29 heavy (non-hydrogen) atoms. The molecular weight excluding hydrogens is 386 g/mol. The summed E-state index contributed by atoms with van der Waals surface area (Å²) in [6.07, 6.45) is 5.12. The number of rotatable bonds is 5. The molecule has 1 aromatic heterocycles. The quantitative estimate of drug-likeness (QED) is 0.685. The largest absolute Gasteiger partial charge is 0.381 e. The Kier molecular flexibility index (Phi) is 5.52. The minimum atomic E-state index is -3.20. The smallest absolute Gasteiger partial charge is 0.175 e. The van der Waals surface area contributed by atoms with Crippen LogP contribution in [0.15, 0.2) is 53.6 Å². The molecule has 0 saturated carbocycles. The lowest BCUT2D eigenvalue weighted by molar-refractivity contribution is 0.0622. The zero-order valence-electron chi connectivity index (χ0n) is 16.6. The molecule has 1 N–H and O–H groups in total. The molecule has 0 radical (unpaired) electrons. The molecule has 2 aromatic carbocycles. The lowest BCUT2D eigenvalue weighted by Gasteiger charge is -2.29. The van der Waals surface area contributed by atoms with Gasteiger partial charge in [-0.25, -0.2) is 8.42 Å². The van der Waals surface area contributed by atoms with Gasteiger partial charge in [-0.2, -0.15) is 10.2 Å². The molecule has 0 amide bonds. The molecule has 1 aliphatic heterocycles. The first-order valence-electron chi connectivity index (χ1n) is 9.82. The SMILES string of the molecule is C[C@@H](Nc1cnnc2cc(-c3ccc(S(C)(=O)=O)cc3)ccc12)C1CCOCC1. The van der Waals surface area contributed by atoms with Crippen molar-refractivity contribution in [2.45, 2.75) is 30.7 Å². The van der Waals surface area contributed by atoms with Crippen molar-refractivity contribution in [2.75, 3.05) is 24.8 Å². The Morgan fingerprint density at radius 3 is 2.45 bits per heavy atom. The summed E-state index contributed by atoms with van der Waals surface area (Å²) in [5.74, 6) is 0.583. The molecular formula is C22H25N3O3S. The van der Waals surface area contributed by atoms with Crippen molar-refractivity contribution in [1.29, 1.82) is 0 Å². The van der Waals surface area contributed by atoms with Gasteiger partial charge in [-0.05, 0) is 61.1 Å². The summed E-state index contributed by atoms with van der Waals surface area (Å²) >= 11 is 0. The van der Waals surface area contributed by atoms with Crippen LogP contribution in [0.3, 0.4) is 0 Å². The van der Waals surface area contributed by atoms with E-state index in [-0.39, 0.29) is 0 Å². The third-order valence-corrected chi connectivity index (χ3v) is 6.74. The minimum absolute atomic E-state index is 0.315. The third-order valence-electron chi connectivity index (χ3n) is 5.61. The highest BCUT2D eigenvalue weighted by Gasteiger charge is 2.21. The van der Waals surface area contributed by atoms with Crippen molar-refractivity contribution in [3.05, 3.63) is 48.7 Å². The van der Waals surface area contributed by atoms with Crippen molar-refractivity contribution in [2.24, 2.45) is 5.92 Å². The highest BCUT2D eigenvalue weighted by Crippen LogP contribution is 2.29. The van der Waals surface area contributed by atoms with Crippen LogP contribution in [0.1, 0.15) is 19.8 Å².